The molecule has 0 fully saturated rings. The highest BCUT2D eigenvalue weighted by atomic mass is 16.1. The summed E-state index contributed by atoms with van der Waals surface area (Å²) in [5.41, 5.74) is 1.06. The van der Waals surface area contributed by atoms with Crippen LogP contribution in [0.15, 0.2) is 18.2 Å². The highest BCUT2D eigenvalue weighted by Gasteiger charge is 2.02. The second kappa shape index (κ2) is 3.30. The molecule has 0 heterocycles. The molecule has 2 heteroatoms. The van der Waals surface area contributed by atoms with Gasteiger partial charge in [-0.25, -0.2) is 0 Å². The van der Waals surface area contributed by atoms with E-state index in [1.807, 2.05) is 0 Å². The maximum Gasteiger partial charge on any atom is 0.159 e. The highest BCUT2D eigenvalue weighted by Crippen LogP contribution is 2.05. The number of hydrogen-bond donors (Lipinski definition) is 0. The fourth-order valence-electron chi connectivity index (χ4n) is 0.879. The molecular weight excluding hydrogens is 152 g/mol. The minimum Gasteiger partial charge on any atom is -0.295 e. The Balaban J connectivity index is 3.12. The Kier molecular flexibility index (Phi) is 2.38. The van der Waals surface area contributed by atoms with E-state index in [1.54, 1.807) is 18.2 Å². The molecule has 1 radical (unpaired) electrons. The third-order valence-corrected chi connectivity index (χ3v) is 1.60. The lowest BCUT2D eigenvalue weighted by Crippen LogP contribution is -1.97. The minimum atomic E-state index is -0.0469. The quantitative estimate of drug-likeness (QED) is 0.621. The van der Waals surface area contributed by atoms with Gasteiger partial charge < -0.3 is 0 Å². The monoisotopic (exact) mass is 161 g/mol. The van der Waals surface area contributed by atoms with Gasteiger partial charge in [-0.2, -0.15) is 0 Å². The van der Waals surface area contributed by atoms with Crippen molar-refractivity contribution >= 4 is 11.6 Å². The first-order valence-corrected chi connectivity index (χ1v) is 3.64. The molecule has 1 aromatic carbocycles. The van der Waals surface area contributed by atoms with E-state index < -0.39 is 0 Å². The molecule has 0 aliphatic carbocycles. The third-order valence-electron chi connectivity index (χ3n) is 1.60. The Hall–Kier alpha value is -1.44. The van der Waals surface area contributed by atoms with Gasteiger partial charge in [-0.1, -0.05) is 0 Å². The van der Waals surface area contributed by atoms with Crippen molar-refractivity contribution in [2.45, 2.75) is 13.8 Å². The van der Waals surface area contributed by atoms with Gasteiger partial charge in [0.15, 0.2) is 11.6 Å². The molecule has 12 heavy (non-hydrogen) atoms. The zero-order valence-electron chi connectivity index (χ0n) is 7.05. The third kappa shape index (κ3) is 1.78. The van der Waals surface area contributed by atoms with Crippen LogP contribution in [0.4, 0.5) is 0 Å². The summed E-state index contributed by atoms with van der Waals surface area (Å²) in [6.07, 6.45) is 0. The SMILES string of the molecule is CC(=O)c1c[c]cc(C(C)=O)c1. The van der Waals surface area contributed by atoms with Crippen molar-refractivity contribution in [3.05, 3.63) is 35.4 Å². The van der Waals surface area contributed by atoms with Crippen molar-refractivity contribution in [2.75, 3.05) is 0 Å². The van der Waals surface area contributed by atoms with Crippen LogP contribution in [0.25, 0.3) is 0 Å². The average Bonchev–Trinajstić information content (AvgIpc) is 2.04. The highest BCUT2D eigenvalue weighted by molar-refractivity contribution is 5.99. The molecule has 0 atom stereocenters. The summed E-state index contributed by atoms with van der Waals surface area (Å²) in [5, 5.41) is 0. The number of carbonyl (C=O) groups is 2. The number of benzene rings is 1. The van der Waals surface area contributed by atoms with E-state index in [1.165, 1.54) is 13.8 Å². The van der Waals surface area contributed by atoms with Crippen LogP contribution in [0.3, 0.4) is 0 Å². The van der Waals surface area contributed by atoms with Crippen LogP contribution in [-0.4, -0.2) is 11.6 Å². The van der Waals surface area contributed by atoms with Crippen LogP contribution in [0, 0.1) is 6.07 Å². The molecular formula is C10H9O2. The summed E-state index contributed by atoms with van der Waals surface area (Å²) >= 11 is 0. The predicted octanol–water partition coefficient (Wildman–Crippen LogP) is 1.89. The van der Waals surface area contributed by atoms with Crippen molar-refractivity contribution < 1.29 is 9.59 Å². The van der Waals surface area contributed by atoms with Crippen molar-refractivity contribution in [3.8, 4) is 0 Å². The van der Waals surface area contributed by atoms with Gasteiger partial charge in [0.05, 0.1) is 0 Å². The van der Waals surface area contributed by atoms with Gasteiger partial charge in [-0.15, -0.1) is 0 Å². The lowest BCUT2D eigenvalue weighted by Gasteiger charge is -1.97. The lowest BCUT2D eigenvalue weighted by molar-refractivity contribution is 0.101. The maximum atomic E-state index is 10.9. The second-order valence-corrected chi connectivity index (χ2v) is 2.62. The number of hydrogen-bond acceptors (Lipinski definition) is 2. The molecule has 1 aromatic rings. The van der Waals surface area contributed by atoms with Gasteiger partial charge >= 0.3 is 0 Å². The van der Waals surface area contributed by atoms with Crippen LogP contribution < -0.4 is 0 Å². The zero-order valence-corrected chi connectivity index (χ0v) is 7.05. The fourth-order valence-corrected chi connectivity index (χ4v) is 0.879. The first-order chi connectivity index (χ1) is 5.61. The molecule has 0 aliphatic heterocycles. The van der Waals surface area contributed by atoms with Crippen LogP contribution in [0.2, 0.25) is 0 Å². The van der Waals surface area contributed by atoms with Crippen molar-refractivity contribution in [1.82, 2.24) is 0 Å². The van der Waals surface area contributed by atoms with E-state index in [9.17, 15) is 9.59 Å². The second-order valence-electron chi connectivity index (χ2n) is 2.62. The van der Waals surface area contributed by atoms with E-state index in [2.05, 4.69) is 6.07 Å². The number of ketones is 2. The molecule has 0 saturated carbocycles. The van der Waals surface area contributed by atoms with E-state index >= 15 is 0 Å². The summed E-state index contributed by atoms with van der Waals surface area (Å²) in [5.74, 6) is -0.0938. The molecule has 1 rings (SSSR count). The summed E-state index contributed by atoms with van der Waals surface area (Å²) in [7, 11) is 0. The van der Waals surface area contributed by atoms with Gasteiger partial charge in [0.25, 0.3) is 0 Å². The molecule has 0 N–H and O–H groups in total. The summed E-state index contributed by atoms with van der Waals surface area (Å²) in [6, 6.07) is 7.49. The summed E-state index contributed by atoms with van der Waals surface area (Å²) in [4.78, 5) is 21.8. The van der Waals surface area contributed by atoms with Gasteiger partial charge in [0, 0.05) is 11.1 Å². The lowest BCUT2D eigenvalue weighted by atomic mass is 10.1. The molecule has 0 unspecified atom stereocenters. The molecule has 0 saturated heterocycles. The Bertz CT molecular complexity index is 297. The maximum absolute atomic E-state index is 10.9. The predicted molar refractivity (Wildman–Crippen MR) is 45.3 cm³/mol. The smallest absolute Gasteiger partial charge is 0.159 e. The van der Waals surface area contributed by atoms with Crippen LogP contribution >= 0.6 is 0 Å². The van der Waals surface area contributed by atoms with Crippen molar-refractivity contribution in [2.24, 2.45) is 0 Å². The molecule has 61 valence electrons. The largest absolute Gasteiger partial charge is 0.295 e. The fraction of sp³-hybridized carbons (Fsp3) is 0.200. The van der Waals surface area contributed by atoms with E-state index in [0.717, 1.165) is 0 Å². The van der Waals surface area contributed by atoms with Crippen LogP contribution in [-0.2, 0) is 0 Å². The molecule has 0 aliphatic rings. The van der Waals surface area contributed by atoms with Crippen LogP contribution in [0.5, 0.6) is 0 Å². The molecule has 0 aromatic heterocycles. The Labute approximate surface area is 71.2 Å². The summed E-state index contributed by atoms with van der Waals surface area (Å²) in [6.45, 7) is 2.93. The Morgan fingerprint density at radius 3 is 1.83 bits per heavy atom. The molecule has 0 spiro atoms. The molecule has 2 nitrogen and oxygen atoms in total. The Morgan fingerprint density at radius 2 is 1.50 bits per heavy atom. The summed E-state index contributed by atoms with van der Waals surface area (Å²) < 4.78 is 0. The topological polar surface area (TPSA) is 34.1 Å². The first-order valence-electron chi connectivity index (χ1n) is 3.64. The van der Waals surface area contributed by atoms with Gasteiger partial charge in [0.2, 0.25) is 0 Å². The van der Waals surface area contributed by atoms with E-state index in [0.29, 0.717) is 11.1 Å². The Morgan fingerprint density at radius 1 is 1.08 bits per heavy atom. The van der Waals surface area contributed by atoms with E-state index in [4.69, 9.17) is 0 Å². The normalized spacial score (nSPS) is 9.50. The molecule has 0 bridgehead atoms. The number of Topliss-reactive ketones (excluding diaryl/α,β-unsaturated/α-hetero) is 2. The van der Waals surface area contributed by atoms with Gasteiger partial charge in [-0.05, 0) is 38.1 Å². The van der Waals surface area contributed by atoms with Crippen molar-refractivity contribution in [3.63, 3.8) is 0 Å². The first kappa shape index (κ1) is 8.65. The number of carbonyl (C=O) groups excluding carboxylic acids is 2. The van der Waals surface area contributed by atoms with Gasteiger partial charge in [0.1, 0.15) is 0 Å². The molecule has 0 amide bonds. The zero-order chi connectivity index (χ0) is 9.14. The van der Waals surface area contributed by atoms with Gasteiger partial charge in [-0.3, -0.25) is 9.59 Å². The van der Waals surface area contributed by atoms with Crippen LogP contribution in [0.1, 0.15) is 34.6 Å². The van der Waals surface area contributed by atoms with E-state index in [-0.39, 0.29) is 11.6 Å². The number of rotatable bonds is 2. The standard InChI is InChI=1S/C10H9O2/c1-7(11)9-4-3-5-10(6-9)8(2)12/h4-6H,1-2H3. The van der Waals surface area contributed by atoms with Crippen molar-refractivity contribution in [1.29, 1.82) is 0 Å². The minimum absolute atomic E-state index is 0.0469. The average molecular weight is 161 g/mol.